The van der Waals surface area contributed by atoms with Crippen molar-refractivity contribution in [2.75, 3.05) is 5.32 Å². The summed E-state index contributed by atoms with van der Waals surface area (Å²) in [6.45, 7) is 0. The highest BCUT2D eigenvalue weighted by Crippen LogP contribution is 2.23. The first-order valence-electron chi connectivity index (χ1n) is 8.71. The molecule has 1 fully saturated rings. The van der Waals surface area contributed by atoms with Crippen molar-refractivity contribution in [3.8, 4) is 5.69 Å². The Morgan fingerprint density at radius 2 is 1.85 bits per heavy atom. The van der Waals surface area contributed by atoms with E-state index in [0.717, 1.165) is 19.3 Å². The minimum absolute atomic E-state index is 0.0154. The van der Waals surface area contributed by atoms with Gasteiger partial charge in [0.25, 0.3) is 5.91 Å². The number of aromatic nitrogens is 5. The molecule has 1 aliphatic rings. The van der Waals surface area contributed by atoms with Gasteiger partial charge in [-0.15, -0.1) is 0 Å². The molecule has 1 unspecified atom stereocenters. The highest BCUT2D eigenvalue weighted by atomic mass is 79.9. The molecule has 27 heavy (non-hydrogen) atoms. The maximum absolute atomic E-state index is 12.9. The Hall–Kier alpha value is -2.81. The highest BCUT2D eigenvalue weighted by molar-refractivity contribution is 9.10. The summed E-state index contributed by atoms with van der Waals surface area (Å²) in [7, 11) is 0. The third kappa shape index (κ3) is 3.97. The monoisotopic (exact) mass is 427 g/mol. The van der Waals surface area contributed by atoms with Gasteiger partial charge in [0.15, 0.2) is 0 Å². The zero-order valence-corrected chi connectivity index (χ0v) is 16.0. The maximum atomic E-state index is 12.9. The third-order valence-electron chi connectivity index (χ3n) is 4.57. The first kappa shape index (κ1) is 17.6. The molecule has 2 atom stereocenters. The van der Waals surface area contributed by atoms with E-state index < -0.39 is 0 Å². The van der Waals surface area contributed by atoms with Crippen LogP contribution in [0, 0.1) is 0 Å². The molecule has 2 heterocycles. The van der Waals surface area contributed by atoms with Gasteiger partial charge in [0.2, 0.25) is 0 Å². The van der Waals surface area contributed by atoms with Gasteiger partial charge in [-0.3, -0.25) is 4.79 Å². The van der Waals surface area contributed by atoms with Crippen molar-refractivity contribution in [1.29, 1.82) is 0 Å². The number of halogens is 1. The van der Waals surface area contributed by atoms with Crippen molar-refractivity contribution in [1.82, 2.24) is 30.3 Å². The standard InChI is InChI=1S/C18H18BrN7O/c19-16-10-21-17(11-20-16)24-13-5-3-6-14(13)25-18(27)12-4-1-2-7-15(12)26-22-8-9-23-26/h1-2,4,7-11,13-14H,3,5-6H2,(H,21,24)(H,25,27)/t13-,14?/m0/s1. The van der Waals surface area contributed by atoms with Crippen LogP contribution in [-0.4, -0.2) is 43.0 Å². The van der Waals surface area contributed by atoms with Gasteiger partial charge in [-0.25, -0.2) is 9.97 Å². The quantitative estimate of drug-likeness (QED) is 0.649. The van der Waals surface area contributed by atoms with E-state index in [1.54, 1.807) is 30.9 Å². The van der Waals surface area contributed by atoms with Crippen LogP contribution in [0.4, 0.5) is 5.82 Å². The lowest BCUT2D eigenvalue weighted by molar-refractivity contribution is 0.0935. The van der Waals surface area contributed by atoms with Crippen molar-refractivity contribution in [3.05, 3.63) is 59.2 Å². The fraction of sp³-hybridized carbons (Fsp3) is 0.278. The van der Waals surface area contributed by atoms with E-state index in [1.165, 1.54) is 4.80 Å². The second-order valence-electron chi connectivity index (χ2n) is 6.32. The van der Waals surface area contributed by atoms with Gasteiger partial charge in [0.1, 0.15) is 10.4 Å². The van der Waals surface area contributed by atoms with Crippen LogP contribution in [-0.2, 0) is 0 Å². The number of hydrogen-bond donors (Lipinski definition) is 2. The molecule has 0 spiro atoms. The molecular weight excluding hydrogens is 410 g/mol. The summed E-state index contributed by atoms with van der Waals surface area (Å²) < 4.78 is 0.688. The molecule has 0 radical (unpaired) electrons. The summed E-state index contributed by atoms with van der Waals surface area (Å²) in [6, 6.07) is 7.44. The number of para-hydroxylation sites is 1. The number of amides is 1. The van der Waals surface area contributed by atoms with Gasteiger partial charge in [-0.2, -0.15) is 15.0 Å². The summed E-state index contributed by atoms with van der Waals surface area (Å²) >= 11 is 3.28. The number of benzene rings is 1. The van der Waals surface area contributed by atoms with Crippen LogP contribution in [0.2, 0.25) is 0 Å². The minimum atomic E-state index is -0.136. The zero-order chi connectivity index (χ0) is 18.6. The predicted octanol–water partition coefficient (Wildman–Crippen LogP) is 2.58. The van der Waals surface area contributed by atoms with Gasteiger partial charge < -0.3 is 10.6 Å². The molecule has 1 saturated carbocycles. The van der Waals surface area contributed by atoms with Crippen LogP contribution in [0.15, 0.2) is 53.7 Å². The summed E-state index contributed by atoms with van der Waals surface area (Å²) in [5.41, 5.74) is 1.20. The smallest absolute Gasteiger partial charge is 0.253 e. The van der Waals surface area contributed by atoms with Gasteiger partial charge in [0.05, 0.1) is 36.0 Å². The topological polar surface area (TPSA) is 97.6 Å². The maximum Gasteiger partial charge on any atom is 0.253 e. The SMILES string of the molecule is O=C(NC1CCC[C@@H]1Nc1cnc(Br)cn1)c1ccccc1-n1nccn1. The second-order valence-corrected chi connectivity index (χ2v) is 7.13. The molecular formula is C18H18BrN7O. The van der Waals surface area contributed by atoms with Gasteiger partial charge >= 0.3 is 0 Å². The van der Waals surface area contributed by atoms with E-state index in [2.05, 4.69) is 46.7 Å². The molecule has 8 nitrogen and oxygen atoms in total. The molecule has 3 aromatic rings. The second kappa shape index (κ2) is 7.83. The molecule has 0 bridgehead atoms. The average Bonchev–Trinajstić information content (AvgIpc) is 3.36. The Morgan fingerprint density at radius 1 is 1.07 bits per heavy atom. The number of hydrogen-bond acceptors (Lipinski definition) is 6. The molecule has 2 aromatic heterocycles. The van der Waals surface area contributed by atoms with E-state index in [9.17, 15) is 4.79 Å². The molecule has 0 saturated heterocycles. The Labute approximate surface area is 164 Å². The van der Waals surface area contributed by atoms with Crippen molar-refractivity contribution >= 4 is 27.7 Å². The summed E-state index contributed by atoms with van der Waals surface area (Å²) in [5, 5.41) is 14.8. The van der Waals surface area contributed by atoms with Crippen LogP contribution in [0.25, 0.3) is 5.69 Å². The summed E-state index contributed by atoms with van der Waals surface area (Å²) in [6.07, 6.45) is 9.42. The number of nitrogens with one attached hydrogen (secondary N) is 2. The molecule has 138 valence electrons. The molecule has 4 rings (SSSR count). The Balaban J connectivity index is 1.48. The summed E-state index contributed by atoms with van der Waals surface area (Å²) in [5.74, 6) is 0.564. The van der Waals surface area contributed by atoms with Crippen molar-refractivity contribution in [3.63, 3.8) is 0 Å². The molecule has 2 N–H and O–H groups in total. The Bertz CT molecular complexity index is 914. The zero-order valence-electron chi connectivity index (χ0n) is 14.4. The molecule has 1 aromatic carbocycles. The van der Waals surface area contributed by atoms with Crippen LogP contribution in [0.3, 0.4) is 0 Å². The molecule has 1 amide bonds. The molecule has 0 aliphatic heterocycles. The van der Waals surface area contributed by atoms with E-state index in [0.29, 0.717) is 21.7 Å². The van der Waals surface area contributed by atoms with Crippen molar-refractivity contribution in [2.45, 2.75) is 31.3 Å². The van der Waals surface area contributed by atoms with Crippen molar-refractivity contribution < 1.29 is 4.79 Å². The Kier molecular flexibility index (Phi) is 5.10. The lowest BCUT2D eigenvalue weighted by atomic mass is 10.1. The fourth-order valence-electron chi connectivity index (χ4n) is 3.31. The highest BCUT2D eigenvalue weighted by Gasteiger charge is 2.29. The summed E-state index contributed by atoms with van der Waals surface area (Å²) in [4.78, 5) is 22.9. The van der Waals surface area contributed by atoms with Crippen LogP contribution >= 0.6 is 15.9 Å². The minimum Gasteiger partial charge on any atom is -0.364 e. The molecule has 9 heteroatoms. The number of rotatable bonds is 5. The Morgan fingerprint density at radius 3 is 2.63 bits per heavy atom. The fourth-order valence-corrected chi connectivity index (χ4v) is 3.51. The molecule has 1 aliphatic carbocycles. The van der Waals surface area contributed by atoms with Crippen LogP contribution in [0.1, 0.15) is 29.6 Å². The normalized spacial score (nSPS) is 19.0. The van der Waals surface area contributed by atoms with E-state index >= 15 is 0 Å². The van der Waals surface area contributed by atoms with Crippen LogP contribution < -0.4 is 10.6 Å². The number of anilines is 1. The van der Waals surface area contributed by atoms with Gasteiger partial charge in [-0.1, -0.05) is 12.1 Å². The third-order valence-corrected chi connectivity index (χ3v) is 4.98. The van der Waals surface area contributed by atoms with E-state index in [4.69, 9.17) is 0 Å². The number of nitrogens with zero attached hydrogens (tertiary/aromatic N) is 5. The first-order chi connectivity index (χ1) is 13.2. The predicted molar refractivity (Wildman–Crippen MR) is 104 cm³/mol. The lowest BCUT2D eigenvalue weighted by Crippen LogP contribution is -2.43. The van der Waals surface area contributed by atoms with Crippen molar-refractivity contribution in [2.24, 2.45) is 0 Å². The largest absolute Gasteiger partial charge is 0.364 e. The van der Waals surface area contributed by atoms with E-state index in [-0.39, 0.29) is 18.0 Å². The number of carbonyl (C=O) groups is 1. The van der Waals surface area contributed by atoms with E-state index in [1.807, 2.05) is 18.2 Å². The average molecular weight is 428 g/mol. The lowest BCUT2D eigenvalue weighted by Gasteiger charge is -2.23. The van der Waals surface area contributed by atoms with Gasteiger partial charge in [0, 0.05) is 12.1 Å². The van der Waals surface area contributed by atoms with Gasteiger partial charge in [-0.05, 0) is 47.3 Å². The first-order valence-corrected chi connectivity index (χ1v) is 9.50. The van der Waals surface area contributed by atoms with Crippen LogP contribution in [0.5, 0.6) is 0 Å². The number of carbonyl (C=O) groups excluding carboxylic acids is 1.